The van der Waals surface area contributed by atoms with E-state index in [4.69, 9.17) is 15.2 Å². The van der Waals surface area contributed by atoms with Gasteiger partial charge in [-0.2, -0.15) is 0 Å². The van der Waals surface area contributed by atoms with Crippen LogP contribution in [0, 0.1) is 5.92 Å². The highest BCUT2D eigenvalue weighted by Crippen LogP contribution is 2.22. The molecule has 1 heterocycles. The van der Waals surface area contributed by atoms with Gasteiger partial charge in [0, 0.05) is 13.1 Å². The fraction of sp³-hybridized carbons (Fsp3) is 0.833. The number of nitrogens with one attached hydrogen (secondary N) is 1. The van der Waals surface area contributed by atoms with Crippen LogP contribution >= 0.6 is 0 Å². The molecule has 0 aliphatic carbocycles. The van der Waals surface area contributed by atoms with Crippen molar-refractivity contribution in [2.75, 3.05) is 20.2 Å². The number of carbonyl (C=O) groups excluding carboxylic acids is 3. The number of rotatable bonds is 7. The van der Waals surface area contributed by atoms with Crippen molar-refractivity contribution in [3.63, 3.8) is 0 Å². The van der Waals surface area contributed by atoms with Gasteiger partial charge in [-0.3, -0.25) is 4.79 Å². The lowest BCUT2D eigenvalue weighted by Crippen LogP contribution is -2.57. The maximum atomic E-state index is 12.4. The van der Waals surface area contributed by atoms with Crippen LogP contribution in [-0.4, -0.2) is 60.8 Å². The molecule has 8 nitrogen and oxygen atoms in total. The number of nitrogens with two attached hydrogens (primary N) is 1. The number of esters is 1. The summed E-state index contributed by atoms with van der Waals surface area (Å²) in [6.07, 6.45) is 1.95. The summed E-state index contributed by atoms with van der Waals surface area (Å²) < 4.78 is 10.0. The van der Waals surface area contributed by atoms with E-state index in [-0.39, 0.29) is 11.8 Å². The molecule has 3 atom stereocenters. The largest absolute Gasteiger partial charge is 0.467 e. The van der Waals surface area contributed by atoms with E-state index in [0.717, 1.165) is 0 Å². The van der Waals surface area contributed by atoms with E-state index in [0.29, 0.717) is 38.8 Å². The minimum Gasteiger partial charge on any atom is -0.467 e. The van der Waals surface area contributed by atoms with Gasteiger partial charge in [-0.05, 0) is 52.4 Å². The molecule has 3 N–H and O–H groups in total. The monoisotopic (exact) mass is 371 g/mol. The Labute approximate surface area is 155 Å². The first-order valence-electron chi connectivity index (χ1n) is 9.16. The number of nitrogens with zero attached hydrogens (tertiary/aromatic N) is 1. The van der Waals surface area contributed by atoms with Crippen molar-refractivity contribution in [2.45, 2.75) is 71.1 Å². The maximum absolute atomic E-state index is 12.4. The molecule has 0 saturated carbocycles. The summed E-state index contributed by atoms with van der Waals surface area (Å²) in [7, 11) is 1.32. The van der Waals surface area contributed by atoms with E-state index in [1.807, 2.05) is 6.92 Å². The Bertz CT molecular complexity index is 504. The van der Waals surface area contributed by atoms with Crippen LogP contribution in [0.2, 0.25) is 0 Å². The Balaban J connectivity index is 2.50. The zero-order chi connectivity index (χ0) is 19.9. The normalized spacial score (nSPS) is 21.9. The molecule has 1 unspecified atom stereocenters. The molecule has 1 saturated heterocycles. The molecule has 0 aromatic carbocycles. The Hall–Kier alpha value is -1.83. The summed E-state index contributed by atoms with van der Waals surface area (Å²) in [5.74, 6) is -0.395. The van der Waals surface area contributed by atoms with E-state index in [1.165, 1.54) is 7.11 Å². The van der Waals surface area contributed by atoms with Crippen molar-refractivity contribution in [1.29, 1.82) is 0 Å². The molecule has 1 aliphatic rings. The van der Waals surface area contributed by atoms with Crippen molar-refractivity contribution < 1.29 is 23.9 Å². The van der Waals surface area contributed by atoms with Crippen LogP contribution in [0.5, 0.6) is 0 Å². The molecule has 1 aliphatic heterocycles. The number of carbonyl (C=O) groups is 3. The summed E-state index contributed by atoms with van der Waals surface area (Å²) in [6, 6.07) is -1.21. The first kappa shape index (κ1) is 22.2. The molecule has 0 spiro atoms. The van der Waals surface area contributed by atoms with Gasteiger partial charge in [0.25, 0.3) is 0 Å². The van der Waals surface area contributed by atoms with Gasteiger partial charge in [-0.1, -0.05) is 6.92 Å². The second kappa shape index (κ2) is 9.75. The average molecular weight is 371 g/mol. The van der Waals surface area contributed by atoms with Gasteiger partial charge in [0.1, 0.15) is 11.6 Å². The van der Waals surface area contributed by atoms with Gasteiger partial charge in [-0.15, -0.1) is 0 Å². The quantitative estimate of drug-likeness (QED) is 0.517. The molecule has 150 valence electrons. The summed E-state index contributed by atoms with van der Waals surface area (Å²) in [6.45, 7) is 8.35. The molecule has 1 rings (SSSR count). The van der Waals surface area contributed by atoms with Crippen molar-refractivity contribution in [2.24, 2.45) is 11.7 Å². The molecule has 0 bridgehead atoms. The first-order valence-corrected chi connectivity index (χ1v) is 9.16. The number of hydrogen-bond acceptors (Lipinski definition) is 6. The molecule has 2 amide bonds. The molecule has 8 heteroatoms. The van der Waals surface area contributed by atoms with Crippen LogP contribution in [-0.2, 0) is 19.1 Å². The Morgan fingerprint density at radius 2 is 2.00 bits per heavy atom. The second-order valence-corrected chi connectivity index (χ2v) is 7.90. The van der Waals surface area contributed by atoms with Crippen LogP contribution in [0.3, 0.4) is 0 Å². The Morgan fingerprint density at radius 3 is 2.58 bits per heavy atom. The van der Waals surface area contributed by atoms with Gasteiger partial charge >= 0.3 is 12.1 Å². The van der Waals surface area contributed by atoms with Crippen LogP contribution in [0.1, 0.15) is 53.4 Å². The predicted molar refractivity (Wildman–Crippen MR) is 97.4 cm³/mol. The van der Waals surface area contributed by atoms with E-state index in [1.54, 1.807) is 25.7 Å². The van der Waals surface area contributed by atoms with E-state index in [2.05, 4.69) is 5.32 Å². The number of likely N-dealkylation sites (tertiary alicyclic amines) is 1. The van der Waals surface area contributed by atoms with E-state index in [9.17, 15) is 14.4 Å². The number of piperidine rings is 1. The molecule has 0 radical (unpaired) electrons. The number of amides is 2. The molecule has 0 aromatic rings. The Kier molecular flexibility index (Phi) is 8.33. The zero-order valence-electron chi connectivity index (χ0n) is 16.5. The Morgan fingerprint density at radius 1 is 1.35 bits per heavy atom. The van der Waals surface area contributed by atoms with E-state index < -0.39 is 29.7 Å². The maximum Gasteiger partial charge on any atom is 0.407 e. The van der Waals surface area contributed by atoms with Crippen LogP contribution in [0.25, 0.3) is 0 Å². The third-order valence-corrected chi connectivity index (χ3v) is 4.19. The van der Waals surface area contributed by atoms with E-state index >= 15 is 0 Å². The van der Waals surface area contributed by atoms with Crippen molar-refractivity contribution >= 4 is 18.0 Å². The minimum absolute atomic E-state index is 0.203. The molecular formula is C18H33N3O5. The highest BCUT2D eigenvalue weighted by molar-refractivity contribution is 5.88. The number of alkyl carbamates (subject to hydrolysis) is 1. The average Bonchev–Trinajstić information content (AvgIpc) is 2.52. The second-order valence-electron chi connectivity index (χ2n) is 7.90. The number of ether oxygens (including phenoxy) is 2. The van der Waals surface area contributed by atoms with Crippen LogP contribution < -0.4 is 11.1 Å². The third-order valence-electron chi connectivity index (χ3n) is 4.19. The summed E-state index contributed by atoms with van der Waals surface area (Å²) in [5.41, 5.74) is 5.36. The lowest BCUT2D eigenvalue weighted by atomic mass is 9.93. The molecular weight excluding hydrogens is 338 g/mol. The minimum atomic E-state index is -0.636. The molecule has 26 heavy (non-hydrogen) atoms. The van der Waals surface area contributed by atoms with Crippen molar-refractivity contribution in [3.05, 3.63) is 0 Å². The third kappa shape index (κ3) is 7.19. The van der Waals surface area contributed by atoms with Gasteiger partial charge in [0.05, 0.1) is 13.2 Å². The standard InChI is InChI=1S/C18H33N3O5/c1-12-10-13(19)15(22)21(11-12)14(16(23)25-5)8-6-7-9-20-17(24)26-18(2,3)4/h12-14H,6-11,19H2,1-5H3,(H,20,24)/t12?,13-,14-/m1/s1. The lowest BCUT2D eigenvalue weighted by molar-refractivity contribution is -0.156. The number of unbranched alkanes of at least 4 members (excludes halogenated alkanes) is 1. The smallest absolute Gasteiger partial charge is 0.407 e. The van der Waals surface area contributed by atoms with Gasteiger partial charge in [0.15, 0.2) is 0 Å². The van der Waals surface area contributed by atoms with Crippen LogP contribution in [0.4, 0.5) is 4.79 Å². The zero-order valence-corrected chi connectivity index (χ0v) is 16.5. The molecule has 1 fully saturated rings. The summed E-state index contributed by atoms with van der Waals surface area (Å²) in [5, 5.41) is 2.68. The first-order chi connectivity index (χ1) is 12.0. The number of hydrogen-bond donors (Lipinski definition) is 2. The van der Waals surface area contributed by atoms with Gasteiger partial charge in [0.2, 0.25) is 5.91 Å². The lowest BCUT2D eigenvalue weighted by Gasteiger charge is -2.38. The van der Waals surface area contributed by atoms with Gasteiger partial charge < -0.3 is 25.4 Å². The summed E-state index contributed by atoms with van der Waals surface area (Å²) in [4.78, 5) is 37.7. The number of methoxy groups -OCH3 is 1. The summed E-state index contributed by atoms with van der Waals surface area (Å²) >= 11 is 0. The highest BCUT2D eigenvalue weighted by atomic mass is 16.6. The molecule has 0 aromatic heterocycles. The fourth-order valence-corrected chi connectivity index (χ4v) is 3.03. The van der Waals surface area contributed by atoms with Crippen LogP contribution in [0.15, 0.2) is 0 Å². The SMILES string of the molecule is COC(=O)[C@@H](CCCCNC(=O)OC(C)(C)C)N1CC(C)C[C@@H](N)C1=O. The highest BCUT2D eigenvalue weighted by Gasteiger charge is 2.37. The van der Waals surface area contributed by atoms with Gasteiger partial charge in [-0.25, -0.2) is 9.59 Å². The topological polar surface area (TPSA) is 111 Å². The fourth-order valence-electron chi connectivity index (χ4n) is 3.03. The van der Waals surface area contributed by atoms with Crippen molar-refractivity contribution in [3.8, 4) is 0 Å². The predicted octanol–water partition coefficient (Wildman–Crippen LogP) is 1.42. The van der Waals surface area contributed by atoms with Crippen molar-refractivity contribution in [1.82, 2.24) is 10.2 Å².